The van der Waals surface area contributed by atoms with E-state index in [1.54, 1.807) is 4.90 Å². The Hall–Kier alpha value is -2.62. The van der Waals surface area contributed by atoms with Crippen LogP contribution in [0.25, 0.3) is 10.9 Å². The van der Waals surface area contributed by atoms with E-state index in [1.165, 1.54) is 19.1 Å². The average Bonchev–Trinajstić information content (AvgIpc) is 3.19. The molecule has 200 valence electrons. The summed E-state index contributed by atoms with van der Waals surface area (Å²) in [6.07, 6.45) is 0.806. The largest absolute Gasteiger partial charge is 0.488 e. The summed E-state index contributed by atoms with van der Waals surface area (Å²) in [6, 6.07) is 8.89. The number of ether oxygens (including phenoxy) is 1. The van der Waals surface area contributed by atoms with Crippen LogP contribution in [0.1, 0.15) is 43.1 Å². The van der Waals surface area contributed by atoms with Crippen LogP contribution in [-0.4, -0.2) is 77.2 Å². The molecule has 0 saturated carbocycles. The van der Waals surface area contributed by atoms with Crippen LogP contribution in [0, 0.1) is 11.6 Å². The van der Waals surface area contributed by atoms with Crippen molar-refractivity contribution in [1.29, 1.82) is 0 Å². The maximum Gasteiger partial charge on any atom is 0.143 e. The van der Waals surface area contributed by atoms with Gasteiger partial charge in [-0.25, -0.2) is 13.2 Å². The number of H-pyrrole nitrogens is 1. The molecule has 2 aliphatic rings. The number of likely N-dealkylation sites (tertiary alicyclic amines) is 1. The number of alkyl halides is 2. The van der Waals surface area contributed by atoms with E-state index >= 15 is 13.2 Å². The summed E-state index contributed by atoms with van der Waals surface area (Å²) in [6.45, 7) is 3.69. The highest BCUT2D eigenvalue weighted by Crippen LogP contribution is 2.43. The van der Waals surface area contributed by atoms with Crippen molar-refractivity contribution >= 4 is 10.9 Å². The number of benzene rings is 2. The lowest BCUT2D eigenvalue weighted by Crippen LogP contribution is -2.53. The lowest BCUT2D eigenvalue weighted by atomic mass is 9.87. The third-order valence-corrected chi connectivity index (χ3v) is 7.52. The predicted molar refractivity (Wildman–Crippen MR) is 134 cm³/mol. The van der Waals surface area contributed by atoms with E-state index in [9.17, 15) is 9.50 Å². The second-order valence-electron chi connectivity index (χ2n) is 10.6. The number of aliphatic hydroxyl groups is 1. The molecule has 2 aromatic carbocycles. The number of fused-ring (bicyclic) bond motifs is 3. The van der Waals surface area contributed by atoms with Crippen molar-refractivity contribution in [3.05, 3.63) is 64.9 Å². The molecule has 3 aromatic rings. The smallest absolute Gasteiger partial charge is 0.143 e. The highest BCUT2D eigenvalue weighted by molar-refractivity contribution is 5.85. The third-order valence-electron chi connectivity index (χ3n) is 7.52. The number of halogens is 4. The first-order valence-electron chi connectivity index (χ1n) is 12.8. The Bertz CT molecular complexity index is 1230. The number of nitrogens with zero attached hydrogens (tertiary/aromatic N) is 2. The maximum absolute atomic E-state index is 15.7. The standard InChI is InChI=1S/C28H33F4N3O2/c1-17-10-21-20-6-3-4-7-24(20)33-26(21)27(35(17)15-28(2,32)16-36)25-22(30)11-18(12-23(25)31)37-19-13-34(14-19)9-5-8-29/h3-4,6-7,11-12,17,19,27,33,36H,5,8-10,13-16H2,1-2H3/t17-,27-,28+/m1/s1. The first-order valence-corrected chi connectivity index (χ1v) is 12.8. The first-order chi connectivity index (χ1) is 17.7. The topological polar surface area (TPSA) is 51.7 Å². The lowest BCUT2D eigenvalue weighted by Gasteiger charge is -2.43. The van der Waals surface area contributed by atoms with E-state index < -0.39 is 30.0 Å². The molecule has 2 N–H and O–H groups in total. The zero-order valence-electron chi connectivity index (χ0n) is 21.1. The van der Waals surface area contributed by atoms with E-state index in [1.807, 2.05) is 36.1 Å². The maximum atomic E-state index is 15.7. The zero-order chi connectivity index (χ0) is 26.3. The minimum atomic E-state index is -1.95. The Morgan fingerprint density at radius 1 is 1.16 bits per heavy atom. The molecule has 0 bridgehead atoms. The number of rotatable bonds is 9. The summed E-state index contributed by atoms with van der Waals surface area (Å²) < 4.78 is 64.7. The van der Waals surface area contributed by atoms with Gasteiger partial charge in [-0.05, 0) is 38.3 Å². The fraction of sp³-hybridized carbons (Fsp3) is 0.500. The number of nitrogens with one attached hydrogen (secondary N) is 1. The van der Waals surface area contributed by atoms with Gasteiger partial charge in [0.2, 0.25) is 0 Å². The highest BCUT2D eigenvalue weighted by atomic mass is 19.1. The fourth-order valence-electron chi connectivity index (χ4n) is 5.64. The predicted octanol–water partition coefficient (Wildman–Crippen LogP) is 4.93. The van der Waals surface area contributed by atoms with Crippen LogP contribution in [-0.2, 0) is 6.42 Å². The van der Waals surface area contributed by atoms with Gasteiger partial charge in [-0.2, -0.15) is 0 Å². The molecule has 0 aliphatic carbocycles. The summed E-state index contributed by atoms with van der Waals surface area (Å²) in [5.74, 6) is -1.46. The van der Waals surface area contributed by atoms with Crippen molar-refractivity contribution in [1.82, 2.24) is 14.8 Å². The van der Waals surface area contributed by atoms with Crippen LogP contribution < -0.4 is 4.74 Å². The molecule has 9 heteroatoms. The normalized spacial score (nSPS) is 22.6. The number of para-hydroxylation sites is 1. The summed E-state index contributed by atoms with van der Waals surface area (Å²) in [5, 5.41) is 10.6. The second kappa shape index (κ2) is 10.3. The number of hydrogen-bond acceptors (Lipinski definition) is 4. The number of aromatic nitrogens is 1. The van der Waals surface area contributed by atoms with Gasteiger partial charge in [0.25, 0.3) is 0 Å². The average molecular weight is 520 g/mol. The quantitative estimate of drug-likeness (QED) is 0.394. The first kappa shape index (κ1) is 26.0. The fourth-order valence-corrected chi connectivity index (χ4v) is 5.64. The molecule has 1 fully saturated rings. The van der Waals surface area contributed by atoms with Crippen LogP contribution in [0.2, 0.25) is 0 Å². The van der Waals surface area contributed by atoms with Crippen molar-refractivity contribution in [3.63, 3.8) is 0 Å². The molecule has 1 saturated heterocycles. The number of hydrogen-bond donors (Lipinski definition) is 2. The summed E-state index contributed by atoms with van der Waals surface area (Å²) in [5.41, 5.74) is 0.292. The molecule has 5 nitrogen and oxygen atoms in total. The molecule has 0 unspecified atom stereocenters. The minimum absolute atomic E-state index is 0.0897. The molecule has 3 atom stereocenters. The summed E-state index contributed by atoms with van der Waals surface area (Å²) >= 11 is 0. The van der Waals surface area contributed by atoms with Gasteiger partial charge in [-0.3, -0.25) is 14.2 Å². The Labute approximate surface area is 214 Å². The van der Waals surface area contributed by atoms with Crippen molar-refractivity contribution in [2.45, 2.75) is 50.5 Å². The van der Waals surface area contributed by atoms with Crippen LogP contribution in [0.15, 0.2) is 36.4 Å². The van der Waals surface area contributed by atoms with E-state index in [-0.39, 0.29) is 36.7 Å². The molecule has 0 spiro atoms. The van der Waals surface area contributed by atoms with Gasteiger partial charge in [0, 0.05) is 66.5 Å². The van der Waals surface area contributed by atoms with Crippen molar-refractivity contribution in [3.8, 4) is 5.75 Å². The number of aliphatic hydroxyl groups excluding tert-OH is 1. The molecule has 1 aromatic heterocycles. The van der Waals surface area contributed by atoms with Gasteiger partial charge in [-0.1, -0.05) is 18.2 Å². The molecule has 0 radical (unpaired) electrons. The zero-order valence-corrected chi connectivity index (χ0v) is 21.1. The SMILES string of the molecule is C[C@@H]1Cc2c([nH]c3ccccc23)[C@@H](c2c(F)cc(OC3CN(CCCF)C3)cc2F)N1C[C@](C)(F)CO. The molecule has 5 rings (SSSR count). The van der Waals surface area contributed by atoms with Crippen molar-refractivity contribution in [2.24, 2.45) is 0 Å². The highest BCUT2D eigenvalue weighted by Gasteiger charge is 2.42. The van der Waals surface area contributed by atoms with E-state index in [2.05, 4.69) is 4.98 Å². The monoisotopic (exact) mass is 519 g/mol. The Balaban J connectivity index is 1.50. The Kier molecular flexibility index (Phi) is 7.22. The van der Waals surface area contributed by atoms with Gasteiger partial charge in [-0.15, -0.1) is 0 Å². The minimum Gasteiger partial charge on any atom is -0.488 e. The summed E-state index contributed by atoms with van der Waals surface area (Å²) in [4.78, 5) is 7.09. The molecular weight excluding hydrogens is 486 g/mol. The second-order valence-corrected chi connectivity index (χ2v) is 10.6. The van der Waals surface area contributed by atoms with Crippen LogP contribution in [0.4, 0.5) is 17.6 Å². The Morgan fingerprint density at radius 2 is 1.86 bits per heavy atom. The van der Waals surface area contributed by atoms with Gasteiger partial charge >= 0.3 is 0 Å². The molecule has 2 aliphatic heterocycles. The molecule has 3 heterocycles. The van der Waals surface area contributed by atoms with Crippen molar-refractivity contribution in [2.75, 3.05) is 39.5 Å². The van der Waals surface area contributed by atoms with Crippen LogP contribution in [0.3, 0.4) is 0 Å². The summed E-state index contributed by atoms with van der Waals surface area (Å²) in [7, 11) is 0. The van der Waals surface area contributed by atoms with Crippen molar-refractivity contribution < 1.29 is 27.4 Å². The van der Waals surface area contributed by atoms with E-state index in [0.717, 1.165) is 16.5 Å². The Morgan fingerprint density at radius 3 is 2.54 bits per heavy atom. The van der Waals surface area contributed by atoms with Crippen LogP contribution >= 0.6 is 0 Å². The van der Waals surface area contributed by atoms with Gasteiger partial charge in [0.05, 0.1) is 19.3 Å². The molecule has 0 amide bonds. The lowest BCUT2D eigenvalue weighted by molar-refractivity contribution is 0.0151. The van der Waals surface area contributed by atoms with Gasteiger partial charge in [0.15, 0.2) is 0 Å². The van der Waals surface area contributed by atoms with E-state index in [0.29, 0.717) is 38.2 Å². The van der Waals surface area contributed by atoms with Crippen LogP contribution in [0.5, 0.6) is 5.75 Å². The third kappa shape index (κ3) is 5.09. The van der Waals surface area contributed by atoms with Gasteiger partial charge < -0.3 is 14.8 Å². The molecule has 37 heavy (non-hydrogen) atoms. The number of aromatic amines is 1. The molecular formula is C28H33F4N3O2. The van der Waals surface area contributed by atoms with E-state index in [4.69, 9.17) is 4.74 Å². The van der Waals surface area contributed by atoms with Gasteiger partial charge in [0.1, 0.15) is 29.2 Å².